The number of hydrogen-bond donors (Lipinski definition) is 1. The van der Waals surface area contributed by atoms with Gasteiger partial charge in [-0.3, -0.25) is 4.79 Å². The SMILES string of the molecule is COC(CC(=O)O)Cn1nnnc1CC(C)C(C)(C)C. The third-order valence-corrected chi connectivity index (χ3v) is 3.69. The van der Waals surface area contributed by atoms with Crippen molar-refractivity contribution in [1.29, 1.82) is 0 Å². The predicted molar refractivity (Wildman–Crippen MR) is 73.2 cm³/mol. The van der Waals surface area contributed by atoms with Gasteiger partial charge < -0.3 is 9.84 Å². The van der Waals surface area contributed by atoms with Crippen molar-refractivity contribution < 1.29 is 14.6 Å². The Labute approximate surface area is 119 Å². The number of tetrazole rings is 1. The van der Waals surface area contributed by atoms with Crippen LogP contribution in [0.4, 0.5) is 0 Å². The third-order valence-electron chi connectivity index (χ3n) is 3.69. The minimum atomic E-state index is -0.894. The molecular formula is C13H24N4O3. The van der Waals surface area contributed by atoms with Crippen LogP contribution in [0.5, 0.6) is 0 Å². The van der Waals surface area contributed by atoms with E-state index in [4.69, 9.17) is 9.84 Å². The van der Waals surface area contributed by atoms with Crippen LogP contribution >= 0.6 is 0 Å². The number of carboxylic acids is 1. The van der Waals surface area contributed by atoms with Gasteiger partial charge in [0.2, 0.25) is 0 Å². The minimum absolute atomic E-state index is 0.0649. The van der Waals surface area contributed by atoms with Gasteiger partial charge in [0.25, 0.3) is 0 Å². The first-order valence-electron chi connectivity index (χ1n) is 6.73. The highest BCUT2D eigenvalue weighted by atomic mass is 16.5. The maximum atomic E-state index is 10.8. The van der Waals surface area contributed by atoms with Crippen LogP contribution in [0.1, 0.15) is 39.9 Å². The van der Waals surface area contributed by atoms with E-state index in [1.54, 1.807) is 4.68 Å². The topological polar surface area (TPSA) is 90.1 Å². The second-order valence-corrected chi connectivity index (χ2v) is 6.20. The molecule has 0 spiro atoms. The minimum Gasteiger partial charge on any atom is -0.481 e. The van der Waals surface area contributed by atoms with Crippen molar-refractivity contribution in [3.05, 3.63) is 5.82 Å². The molecule has 0 aliphatic heterocycles. The van der Waals surface area contributed by atoms with E-state index in [0.29, 0.717) is 12.5 Å². The molecular weight excluding hydrogens is 260 g/mol. The second kappa shape index (κ2) is 6.78. The summed E-state index contributed by atoms with van der Waals surface area (Å²) in [5.74, 6) is 0.280. The summed E-state index contributed by atoms with van der Waals surface area (Å²) in [6.45, 7) is 9.03. The maximum absolute atomic E-state index is 10.8. The lowest BCUT2D eigenvalue weighted by molar-refractivity contribution is -0.140. The third kappa shape index (κ3) is 4.88. The van der Waals surface area contributed by atoms with Gasteiger partial charge in [-0.1, -0.05) is 27.7 Å². The van der Waals surface area contributed by atoms with E-state index >= 15 is 0 Å². The Morgan fingerprint density at radius 3 is 2.60 bits per heavy atom. The molecule has 1 heterocycles. The highest BCUT2D eigenvalue weighted by Gasteiger charge is 2.24. The highest BCUT2D eigenvalue weighted by Crippen LogP contribution is 2.27. The molecule has 2 atom stereocenters. The number of carbonyl (C=O) groups is 1. The number of hydrogen-bond acceptors (Lipinski definition) is 5. The van der Waals surface area contributed by atoms with Crippen molar-refractivity contribution >= 4 is 5.97 Å². The van der Waals surface area contributed by atoms with Crippen LogP contribution in [0.25, 0.3) is 0 Å². The largest absolute Gasteiger partial charge is 0.481 e. The molecule has 114 valence electrons. The summed E-state index contributed by atoms with van der Waals surface area (Å²) in [5, 5.41) is 20.5. The second-order valence-electron chi connectivity index (χ2n) is 6.20. The Hall–Kier alpha value is -1.50. The van der Waals surface area contributed by atoms with Crippen LogP contribution in [0.2, 0.25) is 0 Å². The Morgan fingerprint density at radius 2 is 2.10 bits per heavy atom. The summed E-state index contributed by atoms with van der Waals surface area (Å²) in [4.78, 5) is 10.8. The van der Waals surface area contributed by atoms with Crippen molar-refractivity contribution in [3.8, 4) is 0 Å². The van der Waals surface area contributed by atoms with Gasteiger partial charge in [0.1, 0.15) is 0 Å². The summed E-state index contributed by atoms with van der Waals surface area (Å²) < 4.78 is 6.80. The Morgan fingerprint density at radius 1 is 1.45 bits per heavy atom. The fourth-order valence-corrected chi connectivity index (χ4v) is 1.70. The lowest BCUT2D eigenvalue weighted by atomic mass is 9.80. The fourth-order valence-electron chi connectivity index (χ4n) is 1.70. The van der Waals surface area contributed by atoms with E-state index in [9.17, 15) is 4.79 Å². The molecule has 1 aromatic rings. The van der Waals surface area contributed by atoms with Crippen molar-refractivity contribution in [2.24, 2.45) is 11.3 Å². The smallest absolute Gasteiger partial charge is 0.306 e. The standard InChI is InChI=1S/C13H24N4O3/c1-9(13(2,3)4)6-11-14-15-16-17(11)8-10(20-5)7-12(18)19/h9-10H,6-8H2,1-5H3,(H,18,19). The number of rotatable bonds is 7. The summed E-state index contributed by atoms with van der Waals surface area (Å²) >= 11 is 0. The Kier molecular flexibility index (Phi) is 5.62. The molecule has 1 N–H and O–H groups in total. The highest BCUT2D eigenvalue weighted by molar-refractivity contribution is 5.67. The van der Waals surface area contributed by atoms with Gasteiger partial charge in [0.05, 0.1) is 19.1 Å². The van der Waals surface area contributed by atoms with E-state index in [1.807, 2.05) is 0 Å². The molecule has 7 nitrogen and oxygen atoms in total. The molecule has 0 aromatic carbocycles. The lowest BCUT2D eigenvalue weighted by Gasteiger charge is -2.26. The lowest BCUT2D eigenvalue weighted by Crippen LogP contribution is -2.26. The Bertz CT molecular complexity index is 439. The molecule has 0 bridgehead atoms. The summed E-state index contributed by atoms with van der Waals surface area (Å²) in [7, 11) is 1.50. The zero-order valence-electron chi connectivity index (χ0n) is 12.8. The summed E-state index contributed by atoms with van der Waals surface area (Å²) in [6.07, 6.45) is 0.254. The number of aliphatic carboxylic acids is 1. The molecule has 2 unspecified atom stereocenters. The summed E-state index contributed by atoms with van der Waals surface area (Å²) in [5.41, 5.74) is 0.165. The van der Waals surface area contributed by atoms with Crippen LogP contribution in [-0.2, 0) is 22.5 Å². The monoisotopic (exact) mass is 284 g/mol. The zero-order valence-corrected chi connectivity index (χ0v) is 12.8. The first kappa shape index (κ1) is 16.6. The maximum Gasteiger partial charge on any atom is 0.306 e. The van der Waals surface area contributed by atoms with Gasteiger partial charge in [-0.25, -0.2) is 4.68 Å². The molecule has 0 amide bonds. The van der Waals surface area contributed by atoms with Crippen LogP contribution in [-0.4, -0.2) is 44.5 Å². The molecule has 7 heteroatoms. The normalized spacial score (nSPS) is 15.1. The van der Waals surface area contributed by atoms with E-state index in [-0.39, 0.29) is 11.8 Å². The van der Waals surface area contributed by atoms with Crippen molar-refractivity contribution in [2.45, 2.75) is 53.2 Å². The first-order valence-corrected chi connectivity index (χ1v) is 6.73. The van der Waals surface area contributed by atoms with Crippen LogP contribution in [0, 0.1) is 11.3 Å². The van der Waals surface area contributed by atoms with E-state index in [0.717, 1.165) is 12.2 Å². The quantitative estimate of drug-likeness (QED) is 0.813. The fraction of sp³-hybridized carbons (Fsp3) is 0.846. The molecule has 20 heavy (non-hydrogen) atoms. The average Bonchev–Trinajstić information content (AvgIpc) is 2.73. The van der Waals surface area contributed by atoms with Crippen molar-refractivity contribution in [1.82, 2.24) is 20.2 Å². The molecule has 0 fully saturated rings. The van der Waals surface area contributed by atoms with Gasteiger partial charge in [-0.2, -0.15) is 0 Å². The molecule has 0 saturated heterocycles. The number of aromatic nitrogens is 4. The van der Waals surface area contributed by atoms with Gasteiger partial charge in [-0.05, 0) is 21.8 Å². The van der Waals surface area contributed by atoms with Crippen LogP contribution in [0.3, 0.4) is 0 Å². The molecule has 0 aliphatic carbocycles. The number of nitrogens with zero attached hydrogens (tertiary/aromatic N) is 4. The molecule has 0 aliphatic rings. The van der Waals surface area contributed by atoms with Crippen LogP contribution < -0.4 is 0 Å². The number of ether oxygens (including phenoxy) is 1. The van der Waals surface area contributed by atoms with Gasteiger partial charge in [0.15, 0.2) is 5.82 Å². The van der Waals surface area contributed by atoms with E-state index in [1.165, 1.54) is 7.11 Å². The van der Waals surface area contributed by atoms with Gasteiger partial charge in [-0.15, -0.1) is 5.10 Å². The van der Waals surface area contributed by atoms with Crippen LogP contribution in [0.15, 0.2) is 0 Å². The number of carboxylic acid groups (broad SMARTS) is 1. The average molecular weight is 284 g/mol. The Balaban J connectivity index is 2.73. The van der Waals surface area contributed by atoms with E-state index in [2.05, 4.69) is 43.2 Å². The van der Waals surface area contributed by atoms with Gasteiger partial charge >= 0.3 is 5.97 Å². The molecule has 0 radical (unpaired) electrons. The summed E-state index contributed by atoms with van der Waals surface area (Å²) in [6, 6.07) is 0. The van der Waals surface area contributed by atoms with E-state index < -0.39 is 12.1 Å². The predicted octanol–water partition coefficient (Wildman–Crippen LogP) is 1.39. The van der Waals surface area contributed by atoms with Crippen molar-refractivity contribution in [2.75, 3.05) is 7.11 Å². The number of methoxy groups -OCH3 is 1. The molecule has 1 aromatic heterocycles. The first-order chi connectivity index (χ1) is 9.24. The zero-order chi connectivity index (χ0) is 15.3. The van der Waals surface area contributed by atoms with Gasteiger partial charge in [0, 0.05) is 13.5 Å². The van der Waals surface area contributed by atoms with Crippen molar-refractivity contribution in [3.63, 3.8) is 0 Å². The molecule has 1 rings (SSSR count). The molecule has 0 saturated carbocycles.